The summed E-state index contributed by atoms with van der Waals surface area (Å²) in [5.74, 6) is 1.14. The number of aromatic amines is 1. The Bertz CT molecular complexity index is 751. The molecule has 1 saturated heterocycles. The maximum atomic E-state index is 12.1. The lowest BCUT2D eigenvalue weighted by Gasteiger charge is -2.32. The first-order valence-corrected chi connectivity index (χ1v) is 8.28. The number of amides is 1. The van der Waals surface area contributed by atoms with Crippen LogP contribution in [-0.2, 0) is 13.6 Å². The van der Waals surface area contributed by atoms with E-state index in [9.17, 15) is 9.59 Å². The zero-order chi connectivity index (χ0) is 16.9. The summed E-state index contributed by atoms with van der Waals surface area (Å²) < 4.78 is 2.03. The van der Waals surface area contributed by atoms with Gasteiger partial charge in [-0.05, 0) is 37.4 Å². The molecule has 1 aliphatic rings. The van der Waals surface area contributed by atoms with Crippen molar-refractivity contribution < 1.29 is 4.79 Å². The van der Waals surface area contributed by atoms with Crippen molar-refractivity contribution in [3.63, 3.8) is 0 Å². The van der Waals surface area contributed by atoms with E-state index in [1.165, 1.54) is 6.20 Å². The monoisotopic (exact) mass is 329 g/mol. The molecule has 3 heterocycles. The molecule has 0 saturated carbocycles. The van der Waals surface area contributed by atoms with E-state index in [1.54, 1.807) is 12.1 Å². The minimum absolute atomic E-state index is 0.165. The van der Waals surface area contributed by atoms with Crippen LogP contribution in [0.2, 0.25) is 0 Å². The summed E-state index contributed by atoms with van der Waals surface area (Å²) in [4.78, 5) is 33.0. The lowest BCUT2D eigenvalue weighted by molar-refractivity contribution is 0.0928. The fourth-order valence-electron chi connectivity index (χ4n) is 3.14. The number of rotatable bonds is 5. The molecule has 7 heteroatoms. The summed E-state index contributed by atoms with van der Waals surface area (Å²) in [7, 11) is 2.00. The molecule has 0 spiro atoms. The third kappa shape index (κ3) is 3.91. The highest BCUT2D eigenvalue weighted by atomic mass is 16.2. The molecule has 1 atom stereocenters. The fourth-order valence-corrected chi connectivity index (χ4v) is 3.14. The van der Waals surface area contributed by atoms with Crippen LogP contribution in [0.25, 0.3) is 0 Å². The van der Waals surface area contributed by atoms with Crippen LogP contribution in [0, 0.1) is 5.92 Å². The van der Waals surface area contributed by atoms with Crippen LogP contribution >= 0.6 is 0 Å². The normalized spacial score (nSPS) is 18.5. The fraction of sp³-hybridized carbons (Fsp3) is 0.471. The van der Waals surface area contributed by atoms with Gasteiger partial charge in [-0.15, -0.1) is 0 Å². The topological polar surface area (TPSA) is 83.0 Å². The number of imidazole rings is 1. The summed E-state index contributed by atoms with van der Waals surface area (Å²) in [6.45, 7) is 3.39. The van der Waals surface area contributed by atoms with Crippen molar-refractivity contribution in [1.29, 1.82) is 0 Å². The highest BCUT2D eigenvalue weighted by molar-refractivity contribution is 5.93. The number of piperidine rings is 1. The van der Waals surface area contributed by atoms with E-state index in [-0.39, 0.29) is 17.0 Å². The van der Waals surface area contributed by atoms with Crippen LogP contribution in [0.4, 0.5) is 0 Å². The molecule has 2 aromatic heterocycles. The number of aryl methyl sites for hydroxylation is 1. The molecule has 1 aliphatic heterocycles. The predicted molar refractivity (Wildman–Crippen MR) is 90.6 cm³/mol. The second kappa shape index (κ2) is 7.44. The van der Waals surface area contributed by atoms with Crippen molar-refractivity contribution in [3.05, 3.63) is 52.5 Å². The minimum Gasteiger partial charge on any atom is -0.352 e. The zero-order valence-corrected chi connectivity index (χ0v) is 13.9. The number of carbonyl (C=O) groups excluding carboxylic acids is 1. The van der Waals surface area contributed by atoms with E-state index in [1.807, 2.05) is 24.0 Å². The second-order valence-corrected chi connectivity index (χ2v) is 6.32. The first kappa shape index (κ1) is 16.4. The Morgan fingerprint density at radius 2 is 2.38 bits per heavy atom. The van der Waals surface area contributed by atoms with Crippen LogP contribution in [0.5, 0.6) is 0 Å². The van der Waals surface area contributed by atoms with Gasteiger partial charge in [0.2, 0.25) is 0 Å². The lowest BCUT2D eigenvalue weighted by Crippen LogP contribution is -2.41. The number of aromatic nitrogens is 3. The van der Waals surface area contributed by atoms with E-state index in [4.69, 9.17) is 0 Å². The number of carbonyl (C=O) groups is 1. The maximum Gasteiger partial charge on any atom is 0.260 e. The average molecular weight is 329 g/mol. The van der Waals surface area contributed by atoms with E-state index in [0.717, 1.165) is 38.3 Å². The molecule has 0 aromatic carbocycles. The molecular weight excluding hydrogens is 306 g/mol. The quantitative estimate of drug-likeness (QED) is 0.848. The third-order valence-corrected chi connectivity index (χ3v) is 4.50. The summed E-state index contributed by atoms with van der Waals surface area (Å²) in [5, 5.41) is 2.89. The van der Waals surface area contributed by atoms with E-state index in [2.05, 4.69) is 20.2 Å². The number of nitrogens with zero attached hydrogens (tertiary/aromatic N) is 3. The van der Waals surface area contributed by atoms with Crippen LogP contribution in [-0.4, -0.2) is 45.0 Å². The number of hydrogen-bond donors (Lipinski definition) is 2. The molecule has 0 aliphatic carbocycles. The standard InChI is InChI=1S/C17H23N5O2/c1-21-9-7-18-15(21)12-22-8-3-4-13(11-22)10-20-17(24)14-5-2-6-19-16(14)23/h2,5-7,9,13H,3-4,8,10-12H2,1H3,(H,19,23)(H,20,24). The molecule has 2 aromatic rings. The molecule has 1 unspecified atom stereocenters. The zero-order valence-electron chi connectivity index (χ0n) is 13.9. The van der Waals surface area contributed by atoms with Crippen LogP contribution in [0.1, 0.15) is 29.0 Å². The van der Waals surface area contributed by atoms with Crippen molar-refractivity contribution >= 4 is 5.91 Å². The third-order valence-electron chi connectivity index (χ3n) is 4.50. The van der Waals surface area contributed by atoms with Gasteiger partial charge in [0.1, 0.15) is 11.4 Å². The van der Waals surface area contributed by atoms with Crippen molar-refractivity contribution in [2.75, 3.05) is 19.6 Å². The predicted octanol–water partition coefficient (Wildman–Crippen LogP) is 0.750. The summed E-state index contributed by atoms with van der Waals surface area (Å²) in [5.41, 5.74) is -0.187. The highest BCUT2D eigenvalue weighted by Crippen LogP contribution is 2.17. The van der Waals surface area contributed by atoms with Gasteiger partial charge in [-0.1, -0.05) is 0 Å². The number of hydrogen-bond acceptors (Lipinski definition) is 4. The largest absolute Gasteiger partial charge is 0.352 e. The second-order valence-electron chi connectivity index (χ2n) is 6.32. The van der Waals surface area contributed by atoms with E-state index in [0.29, 0.717) is 12.5 Å². The molecule has 0 bridgehead atoms. The number of nitrogens with one attached hydrogen (secondary N) is 2. The lowest BCUT2D eigenvalue weighted by atomic mass is 9.98. The highest BCUT2D eigenvalue weighted by Gasteiger charge is 2.22. The Hall–Kier alpha value is -2.41. The molecule has 1 amide bonds. The Morgan fingerprint density at radius 3 is 3.12 bits per heavy atom. The first-order valence-electron chi connectivity index (χ1n) is 8.28. The molecule has 1 fully saturated rings. The maximum absolute atomic E-state index is 12.1. The van der Waals surface area contributed by atoms with Crippen molar-refractivity contribution in [2.45, 2.75) is 19.4 Å². The molecule has 24 heavy (non-hydrogen) atoms. The van der Waals surface area contributed by atoms with Crippen LogP contribution in [0.15, 0.2) is 35.5 Å². The molecule has 7 nitrogen and oxygen atoms in total. The van der Waals surface area contributed by atoms with Gasteiger partial charge < -0.3 is 14.9 Å². The van der Waals surface area contributed by atoms with Gasteiger partial charge in [0.05, 0.1) is 6.54 Å². The van der Waals surface area contributed by atoms with E-state index >= 15 is 0 Å². The van der Waals surface area contributed by atoms with Crippen LogP contribution < -0.4 is 10.9 Å². The Labute approximate surface area is 140 Å². The van der Waals surface area contributed by atoms with Crippen molar-refractivity contribution in [3.8, 4) is 0 Å². The molecule has 2 N–H and O–H groups in total. The molecule has 3 rings (SSSR count). The Kier molecular flexibility index (Phi) is 5.10. The number of pyridine rings is 1. The smallest absolute Gasteiger partial charge is 0.260 e. The van der Waals surface area contributed by atoms with Gasteiger partial charge in [0.25, 0.3) is 11.5 Å². The SMILES string of the molecule is Cn1ccnc1CN1CCCC(CNC(=O)c2ccc[nH]c2=O)C1. The van der Waals surface area contributed by atoms with Gasteiger partial charge >= 0.3 is 0 Å². The van der Waals surface area contributed by atoms with Gasteiger partial charge in [-0.3, -0.25) is 14.5 Å². The van der Waals surface area contributed by atoms with Crippen molar-refractivity contribution in [2.24, 2.45) is 13.0 Å². The average Bonchev–Trinajstić information content (AvgIpc) is 2.98. The molecular formula is C17H23N5O2. The van der Waals surface area contributed by atoms with Gasteiger partial charge in [0.15, 0.2) is 0 Å². The summed E-state index contributed by atoms with van der Waals surface area (Å²) in [6, 6.07) is 3.20. The summed E-state index contributed by atoms with van der Waals surface area (Å²) in [6.07, 6.45) is 7.48. The van der Waals surface area contributed by atoms with Gasteiger partial charge in [-0.2, -0.15) is 0 Å². The number of H-pyrrole nitrogens is 1. The Morgan fingerprint density at radius 1 is 1.50 bits per heavy atom. The van der Waals surface area contributed by atoms with E-state index < -0.39 is 0 Å². The van der Waals surface area contributed by atoms with Crippen LogP contribution in [0.3, 0.4) is 0 Å². The van der Waals surface area contributed by atoms with Crippen molar-refractivity contribution in [1.82, 2.24) is 24.8 Å². The number of likely N-dealkylation sites (tertiary alicyclic amines) is 1. The summed E-state index contributed by atoms with van der Waals surface area (Å²) >= 11 is 0. The molecule has 0 radical (unpaired) electrons. The minimum atomic E-state index is -0.352. The Balaban J connectivity index is 1.52. The molecule has 128 valence electrons. The van der Waals surface area contributed by atoms with Gasteiger partial charge in [0, 0.05) is 38.7 Å². The van der Waals surface area contributed by atoms with Gasteiger partial charge in [-0.25, -0.2) is 4.98 Å². The first-order chi connectivity index (χ1) is 11.6.